The van der Waals surface area contributed by atoms with Gasteiger partial charge in [-0.15, -0.1) is 5.10 Å². The molecule has 0 radical (unpaired) electrons. The van der Waals surface area contributed by atoms with Crippen molar-refractivity contribution in [3.63, 3.8) is 0 Å². The largest absolute Gasteiger partial charge is 0.445 e. The molecule has 0 bridgehead atoms. The molecule has 308 valence electrons. The van der Waals surface area contributed by atoms with Gasteiger partial charge in [0.25, 0.3) is 11.8 Å². The van der Waals surface area contributed by atoms with Crippen LogP contribution >= 0.6 is 0 Å². The Labute approximate surface area is 331 Å². The lowest BCUT2D eigenvalue weighted by atomic mass is 9.84. The lowest BCUT2D eigenvalue weighted by Gasteiger charge is -2.32. The number of unbranched alkanes of at least 4 members (excludes halogenated alkanes) is 1. The maximum atomic E-state index is 14.7. The summed E-state index contributed by atoms with van der Waals surface area (Å²) in [5.74, 6) is -3.71. The van der Waals surface area contributed by atoms with Crippen molar-refractivity contribution in [2.24, 2.45) is 18.7 Å². The Hall–Kier alpha value is -5.65. The highest BCUT2D eigenvalue weighted by atomic mass is 16.5. The molecule has 1 saturated carbocycles. The van der Waals surface area contributed by atoms with Crippen molar-refractivity contribution in [1.29, 1.82) is 0 Å². The van der Waals surface area contributed by atoms with Crippen molar-refractivity contribution in [1.82, 2.24) is 45.4 Å². The molecule has 1 aromatic carbocycles. The number of nitrogens with one attached hydrogen (secondary N) is 3. The highest BCUT2D eigenvalue weighted by Gasteiger charge is 2.45. The average Bonchev–Trinajstić information content (AvgIpc) is 3.96. The first-order valence-corrected chi connectivity index (χ1v) is 19.5. The summed E-state index contributed by atoms with van der Waals surface area (Å²) in [5.41, 5.74) is 5.23. The van der Waals surface area contributed by atoms with Crippen molar-refractivity contribution in [3.05, 3.63) is 66.0 Å². The SMILES string of the molecule is Cn1ccnc1C(=O)N[C@H](CC1CCCCC1)C(=O)N1C[C@@H](n2nncc2C(C)(C)O)C[C@H]1C(=O)NC(CCCCNC(=O)OCc1ccccc1)C(=O)C(N)=O. The fourth-order valence-electron chi connectivity index (χ4n) is 7.57. The summed E-state index contributed by atoms with van der Waals surface area (Å²) in [7, 11) is 1.67. The van der Waals surface area contributed by atoms with Crippen molar-refractivity contribution < 1.29 is 38.6 Å². The molecule has 5 rings (SSSR count). The van der Waals surface area contributed by atoms with Crippen LogP contribution in [0.25, 0.3) is 0 Å². The number of likely N-dealkylation sites (tertiary alicyclic amines) is 1. The van der Waals surface area contributed by atoms with Crippen LogP contribution in [-0.4, -0.2) is 101 Å². The van der Waals surface area contributed by atoms with Gasteiger partial charge in [0.2, 0.25) is 17.6 Å². The number of carbonyl (C=O) groups excluding carboxylic acids is 6. The molecule has 1 unspecified atom stereocenters. The predicted molar refractivity (Wildman–Crippen MR) is 205 cm³/mol. The molecule has 3 aromatic rings. The van der Waals surface area contributed by atoms with Crippen LogP contribution in [0, 0.1) is 5.92 Å². The lowest BCUT2D eigenvalue weighted by Crippen LogP contribution is -2.56. The molecular formula is C39H54N10O8. The first kappa shape index (κ1) is 42.5. The zero-order valence-corrected chi connectivity index (χ0v) is 32.8. The molecule has 3 heterocycles. The van der Waals surface area contributed by atoms with E-state index in [9.17, 15) is 33.9 Å². The first-order valence-electron chi connectivity index (χ1n) is 19.5. The number of nitrogens with two attached hydrogens (primary N) is 1. The van der Waals surface area contributed by atoms with Gasteiger partial charge in [0.05, 0.1) is 24.0 Å². The van der Waals surface area contributed by atoms with Gasteiger partial charge in [0.15, 0.2) is 5.82 Å². The second-order valence-corrected chi connectivity index (χ2v) is 15.4. The lowest BCUT2D eigenvalue weighted by molar-refractivity contribution is -0.142. The van der Waals surface area contributed by atoms with E-state index >= 15 is 0 Å². The first-order chi connectivity index (χ1) is 27.2. The fourth-order valence-corrected chi connectivity index (χ4v) is 7.57. The Morgan fingerprint density at radius 3 is 2.42 bits per heavy atom. The molecule has 18 heteroatoms. The molecule has 0 spiro atoms. The van der Waals surface area contributed by atoms with Gasteiger partial charge in [0.1, 0.15) is 24.3 Å². The number of carbonyl (C=O) groups is 6. The van der Waals surface area contributed by atoms with E-state index in [2.05, 4.69) is 31.2 Å². The fraction of sp³-hybridized carbons (Fsp3) is 0.564. The Morgan fingerprint density at radius 1 is 1.02 bits per heavy atom. The van der Waals surface area contributed by atoms with Crippen LogP contribution in [0.5, 0.6) is 0 Å². The van der Waals surface area contributed by atoms with E-state index in [4.69, 9.17) is 10.5 Å². The second-order valence-electron chi connectivity index (χ2n) is 15.4. The summed E-state index contributed by atoms with van der Waals surface area (Å²) in [4.78, 5) is 85.3. The van der Waals surface area contributed by atoms with Crippen LogP contribution in [-0.2, 0) is 43.2 Å². The smallest absolute Gasteiger partial charge is 0.407 e. The van der Waals surface area contributed by atoms with Gasteiger partial charge in [-0.1, -0.05) is 67.6 Å². The van der Waals surface area contributed by atoms with E-state index < -0.39 is 65.3 Å². The summed E-state index contributed by atoms with van der Waals surface area (Å²) in [5, 5.41) is 27.3. The number of Topliss-reactive ketones (excluding diaryl/α,β-unsaturated/α-hetero) is 1. The number of hydrogen-bond donors (Lipinski definition) is 5. The zero-order chi connectivity index (χ0) is 41.1. The highest BCUT2D eigenvalue weighted by molar-refractivity contribution is 6.37. The maximum absolute atomic E-state index is 14.7. The molecule has 1 aliphatic carbocycles. The van der Waals surface area contributed by atoms with E-state index in [0.717, 1.165) is 37.7 Å². The molecule has 6 N–H and O–H groups in total. The summed E-state index contributed by atoms with van der Waals surface area (Å²) in [6.07, 6.45) is 9.90. The molecule has 2 aliphatic rings. The van der Waals surface area contributed by atoms with Gasteiger partial charge in [-0.3, -0.25) is 24.0 Å². The van der Waals surface area contributed by atoms with Gasteiger partial charge >= 0.3 is 6.09 Å². The predicted octanol–water partition coefficient (Wildman–Crippen LogP) is 1.79. The molecule has 1 aliphatic heterocycles. The van der Waals surface area contributed by atoms with Crippen LogP contribution in [0.1, 0.15) is 106 Å². The molecule has 57 heavy (non-hydrogen) atoms. The van der Waals surface area contributed by atoms with E-state index in [-0.39, 0.29) is 44.3 Å². The minimum atomic E-state index is -1.36. The van der Waals surface area contributed by atoms with Gasteiger partial charge < -0.3 is 41.0 Å². The summed E-state index contributed by atoms with van der Waals surface area (Å²) >= 11 is 0. The van der Waals surface area contributed by atoms with E-state index in [1.54, 1.807) is 31.7 Å². The molecule has 2 fully saturated rings. The maximum Gasteiger partial charge on any atom is 0.407 e. The molecule has 5 amide bonds. The number of primary amides is 1. The topological polar surface area (TPSA) is 246 Å². The van der Waals surface area contributed by atoms with Gasteiger partial charge in [-0.05, 0) is 51.0 Å². The number of aromatic nitrogens is 5. The van der Waals surface area contributed by atoms with Gasteiger partial charge in [-0.2, -0.15) is 0 Å². The Morgan fingerprint density at radius 2 is 1.75 bits per heavy atom. The van der Waals surface area contributed by atoms with Crippen molar-refractivity contribution >= 4 is 35.5 Å². The number of aryl methyl sites for hydroxylation is 1. The van der Waals surface area contributed by atoms with Crippen LogP contribution < -0.4 is 21.7 Å². The van der Waals surface area contributed by atoms with Crippen molar-refractivity contribution in [2.75, 3.05) is 13.1 Å². The molecule has 2 aromatic heterocycles. The monoisotopic (exact) mass is 790 g/mol. The number of rotatable bonds is 18. The molecule has 1 saturated heterocycles. The zero-order valence-electron chi connectivity index (χ0n) is 32.8. The van der Waals surface area contributed by atoms with Crippen LogP contribution in [0.3, 0.4) is 0 Å². The van der Waals surface area contributed by atoms with Crippen molar-refractivity contribution in [3.8, 4) is 0 Å². The van der Waals surface area contributed by atoms with Gasteiger partial charge in [-0.25, -0.2) is 14.5 Å². The number of alkyl carbamates (subject to hydrolysis) is 1. The number of ether oxygens (including phenoxy) is 1. The molecule has 18 nitrogen and oxygen atoms in total. The van der Waals surface area contributed by atoms with Crippen LogP contribution in [0.15, 0.2) is 48.9 Å². The minimum absolute atomic E-state index is 0.0221. The third-order valence-electron chi connectivity index (χ3n) is 10.6. The average molecular weight is 791 g/mol. The number of benzene rings is 1. The Bertz CT molecular complexity index is 1870. The minimum Gasteiger partial charge on any atom is -0.445 e. The quantitative estimate of drug-likeness (QED) is 0.0919. The second kappa shape index (κ2) is 19.5. The summed E-state index contributed by atoms with van der Waals surface area (Å²) < 4.78 is 8.26. The summed E-state index contributed by atoms with van der Waals surface area (Å²) in [6.45, 7) is 3.42. The normalized spacial score (nSPS) is 18.4. The van der Waals surface area contributed by atoms with E-state index in [1.165, 1.54) is 22.0 Å². The van der Waals surface area contributed by atoms with Crippen LogP contribution in [0.4, 0.5) is 4.79 Å². The highest BCUT2D eigenvalue weighted by Crippen LogP contribution is 2.33. The van der Waals surface area contributed by atoms with E-state index in [1.807, 2.05) is 30.3 Å². The number of aliphatic hydroxyl groups is 1. The van der Waals surface area contributed by atoms with Gasteiger partial charge in [0, 0.05) is 39.0 Å². The third-order valence-corrected chi connectivity index (χ3v) is 10.6. The Balaban J connectivity index is 1.32. The molecule has 4 atom stereocenters. The standard InChI is InChI=1S/C39H54N10O8/c1-39(2,56)31-22-43-46-49(31)27-21-30(48(23-27)37(54)29(20-25-12-6-4-7-13-25)45-36(53)34-41-18-19-47(34)3)35(52)44-28(32(50)33(40)51)16-10-11-17-42-38(55)57-24-26-14-8-5-9-15-26/h5,8-9,14-15,18-19,22,25,27-30,56H,4,6-7,10-13,16-17,20-21,23-24H2,1-3H3,(H2,40,51)(H,42,55)(H,44,52)(H,45,53)/t27-,28?,29+,30-/m0/s1. The van der Waals surface area contributed by atoms with Crippen molar-refractivity contribution in [2.45, 2.75) is 114 Å². The number of amides is 5. The Kier molecular flexibility index (Phi) is 14.5. The third kappa shape index (κ3) is 11.5. The number of nitrogens with zero attached hydrogens (tertiary/aromatic N) is 6. The number of hydrogen-bond acceptors (Lipinski definition) is 11. The van der Waals surface area contributed by atoms with E-state index in [0.29, 0.717) is 25.0 Å². The molecular weight excluding hydrogens is 736 g/mol. The number of ketones is 1. The summed E-state index contributed by atoms with van der Waals surface area (Å²) in [6, 6.07) is 5.09. The number of imidazole rings is 1. The van der Waals surface area contributed by atoms with Crippen LogP contribution in [0.2, 0.25) is 0 Å².